The van der Waals surface area contributed by atoms with E-state index in [0.717, 1.165) is 30.9 Å². The molecule has 1 N–H and O–H groups in total. The summed E-state index contributed by atoms with van der Waals surface area (Å²) >= 11 is 0. The first kappa shape index (κ1) is 26.4. The highest BCUT2D eigenvalue weighted by Crippen LogP contribution is 2.37. The smallest absolute Gasteiger partial charge is 0.287 e. The zero-order valence-electron chi connectivity index (χ0n) is 19.3. The van der Waals surface area contributed by atoms with Gasteiger partial charge in [0.15, 0.2) is 11.6 Å². The first-order valence-electron chi connectivity index (χ1n) is 11.6. The van der Waals surface area contributed by atoms with Crippen molar-refractivity contribution >= 4 is 0 Å². The summed E-state index contributed by atoms with van der Waals surface area (Å²) in [6.07, 6.45) is 7.32. The summed E-state index contributed by atoms with van der Waals surface area (Å²) in [5, 5.41) is 11.2. The fourth-order valence-corrected chi connectivity index (χ4v) is 3.98. The molecule has 0 aliphatic rings. The molecule has 2 rings (SSSR count). The first-order chi connectivity index (χ1) is 15.4. The van der Waals surface area contributed by atoms with E-state index in [4.69, 9.17) is 9.47 Å². The Morgan fingerprint density at radius 2 is 1.34 bits per heavy atom. The van der Waals surface area contributed by atoms with Crippen LogP contribution in [0.15, 0.2) is 36.4 Å². The van der Waals surface area contributed by atoms with Crippen molar-refractivity contribution in [2.45, 2.75) is 77.6 Å². The molecule has 0 bridgehead atoms. The summed E-state index contributed by atoms with van der Waals surface area (Å²) in [6.45, 7) is 6.32. The average molecular weight is 453 g/mol. The van der Waals surface area contributed by atoms with Gasteiger partial charge in [0.25, 0.3) is 5.97 Å². The van der Waals surface area contributed by atoms with Crippen LogP contribution in [0.2, 0.25) is 0 Å². The maximum Gasteiger partial charge on any atom is 0.287 e. The molecule has 0 aliphatic carbocycles. The fourth-order valence-electron chi connectivity index (χ4n) is 3.98. The molecule has 1 unspecified atom stereocenters. The molecule has 0 fully saturated rings. The van der Waals surface area contributed by atoms with Crippen molar-refractivity contribution in [3.8, 4) is 11.1 Å². The Labute approximate surface area is 189 Å². The van der Waals surface area contributed by atoms with Crippen LogP contribution in [-0.2, 0) is 9.47 Å². The quantitative estimate of drug-likeness (QED) is 0.185. The molecule has 0 amide bonds. The lowest BCUT2D eigenvalue weighted by Gasteiger charge is -2.35. The summed E-state index contributed by atoms with van der Waals surface area (Å²) in [6, 6.07) is 8.17. The summed E-state index contributed by atoms with van der Waals surface area (Å²) in [7, 11) is 0. The number of aliphatic hydroxyl groups is 1. The number of hydrogen-bond donors (Lipinski definition) is 1. The van der Waals surface area contributed by atoms with Gasteiger partial charge in [0.05, 0.1) is 5.92 Å². The minimum absolute atomic E-state index is 0.0206. The van der Waals surface area contributed by atoms with Crippen LogP contribution in [0.5, 0.6) is 0 Å². The Morgan fingerprint density at radius 1 is 0.781 bits per heavy atom. The largest absolute Gasteiger partial charge is 0.343 e. The third-order valence-electron chi connectivity index (χ3n) is 5.62. The van der Waals surface area contributed by atoms with Crippen LogP contribution in [0, 0.1) is 17.5 Å². The number of ether oxygens (including phenoxy) is 2. The summed E-state index contributed by atoms with van der Waals surface area (Å²) in [5.74, 6) is -5.38. The molecular weight excluding hydrogens is 417 g/mol. The Bertz CT molecular complexity index is 818. The van der Waals surface area contributed by atoms with Crippen LogP contribution in [0.3, 0.4) is 0 Å². The zero-order chi connectivity index (χ0) is 23.6. The Kier molecular flexibility index (Phi) is 10.7. The van der Waals surface area contributed by atoms with Crippen LogP contribution in [-0.4, -0.2) is 24.3 Å². The lowest BCUT2D eigenvalue weighted by molar-refractivity contribution is -0.370. The molecule has 0 spiro atoms. The van der Waals surface area contributed by atoms with Gasteiger partial charge >= 0.3 is 0 Å². The van der Waals surface area contributed by atoms with Gasteiger partial charge in [-0.25, -0.2) is 13.2 Å². The van der Waals surface area contributed by atoms with Crippen LogP contribution in [0.4, 0.5) is 13.2 Å². The molecule has 0 radical (unpaired) electrons. The lowest BCUT2D eigenvalue weighted by atomic mass is 9.89. The predicted octanol–water partition coefficient (Wildman–Crippen LogP) is 7.32. The van der Waals surface area contributed by atoms with Gasteiger partial charge in [-0.15, -0.1) is 0 Å². The molecule has 0 saturated carbocycles. The highest BCUT2D eigenvalue weighted by molar-refractivity contribution is 5.64. The van der Waals surface area contributed by atoms with E-state index in [9.17, 15) is 18.3 Å². The van der Waals surface area contributed by atoms with Gasteiger partial charge < -0.3 is 14.6 Å². The third-order valence-corrected chi connectivity index (χ3v) is 5.62. The molecule has 178 valence electrons. The molecule has 3 nitrogen and oxygen atoms in total. The van der Waals surface area contributed by atoms with Crippen LogP contribution in [0.25, 0.3) is 11.1 Å². The van der Waals surface area contributed by atoms with Gasteiger partial charge in [-0.3, -0.25) is 0 Å². The normalized spacial score (nSPS) is 12.8. The maximum absolute atomic E-state index is 14.2. The van der Waals surface area contributed by atoms with Gasteiger partial charge in [0.1, 0.15) is 5.82 Å². The second-order valence-electron chi connectivity index (χ2n) is 7.97. The molecular formula is C26H35F3O3. The van der Waals surface area contributed by atoms with E-state index in [-0.39, 0.29) is 18.8 Å². The molecule has 0 aromatic heterocycles. The minimum atomic E-state index is -1.78. The Hall–Kier alpha value is -1.89. The number of halogens is 3. The monoisotopic (exact) mass is 452 g/mol. The first-order valence-corrected chi connectivity index (χ1v) is 11.6. The average Bonchev–Trinajstić information content (AvgIpc) is 2.76. The third kappa shape index (κ3) is 7.06. The standard InChI is InChI=1S/C26H35F3O3/c1-4-7-8-9-10-11-12-22(26(30,31-5-2)32-6-3)20-15-13-19(14-16-20)21-17-24(28)25(29)18-23(21)27/h13-18,22,30H,4-12H2,1-3H3. The number of hydrogen-bond acceptors (Lipinski definition) is 3. The molecule has 32 heavy (non-hydrogen) atoms. The zero-order valence-corrected chi connectivity index (χ0v) is 19.3. The van der Waals surface area contributed by atoms with Crippen molar-refractivity contribution in [2.24, 2.45) is 0 Å². The second kappa shape index (κ2) is 13.0. The van der Waals surface area contributed by atoms with Gasteiger partial charge in [-0.1, -0.05) is 69.7 Å². The molecule has 2 aromatic rings. The van der Waals surface area contributed by atoms with E-state index < -0.39 is 29.3 Å². The highest BCUT2D eigenvalue weighted by atomic mass is 19.2. The van der Waals surface area contributed by atoms with Crippen molar-refractivity contribution < 1.29 is 27.8 Å². The summed E-state index contributed by atoms with van der Waals surface area (Å²) in [4.78, 5) is 0. The summed E-state index contributed by atoms with van der Waals surface area (Å²) in [5.41, 5.74) is 1.17. The topological polar surface area (TPSA) is 38.7 Å². The second-order valence-corrected chi connectivity index (χ2v) is 7.97. The van der Waals surface area contributed by atoms with Crippen LogP contribution < -0.4 is 0 Å². The molecule has 2 aromatic carbocycles. The molecule has 0 saturated heterocycles. The number of rotatable bonds is 14. The van der Waals surface area contributed by atoms with Gasteiger partial charge in [-0.05, 0) is 37.5 Å². The van der Waals surface area contributed by atoms with Crippen molar-refractivity contribution in [1.82, 2.24) is 0 Å². The van der Waals surface area contributed by atoms with E-state index in [0.29, 0.717) is 18.1 Å². The number of unbranched alkanes of at least 4 members (excludes halogenated alkanes) is 5. The molecule has 1 atom stereocenters. The van der Waals surface area contributed by atoms with E-state index in [1.165, 1.54) is 19.3 Å². The highest BCUT2D eigenvalue weighted by Gasteiger charge is 2.39. The van der Waals surface area contributed by atoms with Crippen LogP contribution >= 0.6 is 0 Å². The van der Waals surface area contributed by atoms with Crippen molar-refractivity contribution in [3.63, 3.8) is 0 Å². The molecule has 6 heteroatoms. The predicted molar refractivity (Wildman–Crippen MR) is 121 cm³/mol. The molecule has 0 aliphatic heterocycles. The van der Waals surface area contributed by atoms with E-state index in [2.05, 4.69) is 6.92 Å². The number of benzene rings is 2. The fraction of sp³-hybridized carbons (Fsp3) is 0.538. The Morgan fingerprint density at radius 3 is 1.94 bits per heavy atom. The van der Waals surface area contributed by atoms with Gasteiger partial charge in [-0.2, -0.15) is 0 Å². The van der Waals surface area contributed by atoms with Gasteiger partial charge in [0.2, 0.25) is 0 Å². The maximum atomic E-state index is 14.2. The van der Waals surface area contributed by atoms with E-state index >= 15 is 0 Å². The van der Waals surface area contributed by atoms with Crippen molar-refractivity contribution in [1.29, 1.82) is 0 Å². The summed E-state index contributed by atoms with van der Waals surface area (Å²) < 4.78 is 52.3. The van der Waals surface area contributed by atoms with Crippen molar-refractivity contribution in [2.75, 3.05) is 13.2 Å². The minimum Gasteiger partial charge on any atom is -0.343 e. The van der Waals surface area contributed by atoms with E-state index in [1.807, 2.05) is 0 Å². The Balaban J connectivity index is 2.27. The van der Waals surface area contributed by atoms with Crippen molar-refractivity contribution in [3.05, 3.63) is 59.4 Å². The lowest BCUT2D eigenvalue weighted by Crippen LogP contribution is -2.42. The van der Waals surface area contributed by atoms with E-state index in [1.54, 1.807) is 38.1 Å². The van der Waals surface area contributed by atoms with Crippen LogP contribution in [0.1, 0.15) is 77.2 Å². The SMILES string of the molecule is CCCCCCCCC(c1ccc(-c2cc(F)c(F)cc2F)cc1)C(O)(OCC)OCC. The molecule has 0 heterocycles. The van der Waals surface area contributed by atoms with Gasteiger partial charge in [0, 0.05) is 24.8 Å².